The largest absolute Gasteiger partial charge is 0.387 e. The lowest BCUT2D eigenvalue weighted by Crippen LogP contribution is -2.65. The molecule has 4 aliphatic rings. The van der Waals surface area contributed by atoms with Crippen LogP contribution in [0.2, 0.25) is 0 Å². The molecule has 5 rings (SSSR count). The van der Waals surface area contributed by atoms with Gasteiger partial charge in [0.2, 0.25) is 0 Å². The Morgan fingerprint density at radius 3 is 2.00 bits per heavy atom. The molecule has 0 aliphatic carbocycles. The molecule has 0 aromatic heterocycles. The SMILES string of the molecule is CCCCOCC1OCCC(OC2OC3COC(c4ccccc4)OC3C(O)C2O)C1OC1OC(C)C(OCCCC)C(OCCCC)C1OCCCC. The van der Waals surface area contributed by atoms with Gasteiger partial charge in [-0.05, 0) is 39.0 Å². The predicted molar refractivity (Wildman–Crippen MR) is 199 cm³/mol. The van der Waals surface area contributed by atoms with Gasteiger partial charge in [-0.3, -0.25) is 0 Å². The number of ether oxygens (including phenoxy) is 11. The third-order valence-corrected chi connectivity index (χ3v) is 10.5. The zero-order valence-corrected chi connectivity index (χ0v) is 33.2. The number of aliphatic hydroxyl groups is 2. The highest BCUT2D eigenvalue weighted by Crippen LogP contribution is 2.37. The van der Waals surface area contributed by atoms with Crippen LogP contribution in [0.1, 0.15) is 104 Å². The van der Waals surface area contributed by atoms with E-state index in [9.17, 15) is 10.2 Å². The van der Waals surface area contributed by atoms with Crippen molar-refractivity contribution in [2.24, 2.45) is 0 Å². The fourth-order valence-electron chi connectivity index (χ4n) is 7.31. The lowest BCUT2D eigenvalue weighted by atomic mass is 9.96. The second-order valence-corrected chi connectivity index (χ2v) is 14.9. The van der Waals surface area contributed by atoms with Crippen LogP contribution in [-0.2, 0) is 52.1 Å². The molecule has 14 unspecified atom stereocenters. The monoisotopic (exact) mass is 768 g/mol. The minimum absolute atomic E-state index is 0.154. The second kappa shape index (κ2) is 23.2. The molecule has 4 heterocycles. The standard InChI is InChI=1S/C41H68O13/c1-6-10-20-44-25-30-35(53-41-38(48-23-13-9-4)37(47-22-12-8-3)34(27(5)50-41)46-21-11-7-2)29(19-24-45-30)51-40-33(43)32(42)36-31(52-40)26-49-39(54-36)28-17-15-14-16-18-28/h14-18,27,29-43H,6-13,19-26H2,1-5H3. The van der Waals surface area contributed by atoms with Crippen molar-refractivity contribution < 1.29 is 62.3 Å². The van der Waals surface area contributed by atoms with E-state index in [4.69, 9.17) is 52.1 Å². The van der Waals surface area contributed by atoms with Crippen molar-refractivity contribution in [3.8, 4) is 0 Å². The summed E-state index contributed by atoms with van der Waals surface area (Å²) in [7, 11) is 0. The fourth-order valence-corrected chi connectivity index (χ4v) is 7.31. The van der Waals surface area contributed by atoms with E-state index in [1.165, 1.54) is 0 Å². The van der Waals surface area contributed by atoms with Gasteiger partial charge in [0.25, 0.3) is 0 Å². The molecule has 0 amide bonds. The number of benzene rings is 1. The Kier molecular flexibility index (Phi) is 18.8. The molecular formula is C41H68O13. The van der Waals surface area contributed by atoms with Gasteiger partial charge in [-0.2, -0.15) is 0 Å². The molecule has 13 heteroatoms. The fraction of sp³-hybridized carbons (Fsp3) is 0.854. The Bertz CT molecular complexity index is 1150. The molecule has 4 saturated heterocycles. The van der Waals surface area contributed by atoms with E-state index in [0.717, 1.165) is 56.9 Å². The van der Waals surface area contributed by atoms with Gasteiger partial charge in [0.15, 0.2) is 18.9 Å². The first-order valence-corrected chi connectivity index (χ1v) is 20.7. The number of aliphatic hydroxyl groups excluding tert-OH is 2. The second-order valence-electron chi connectivity index (χ2n) is 14.9. The topological polar surface area (TPSA) is 142 Å². The Balaban J connectivity index is 1.35. The Labute approximate surface area is 322 Å². The van der Waals surface area contributed by atoms with Gasteiger partial charge in [0, 0.05) is 38.6 Å². The Hall–Kier alpha value is -1.30. The lowest BCUT2D eigenvalue weighted by Gasteiger charge is -2.49. The minimum atomic E-state index is -1.39. The van der Waals surface area contributed by atoms with E-state index in [0.29, 0.717) is 39.5 Å². The average Bonchev–Trinajstić information content (AvgIpc) is 3.18. The molecule has 4 fully saturated rings. The van der Waals surface area contributed by atoms with Gasteiger partial charge in [-0.1, -0.05) is 83.7 Å². The van der Waals surface area contributed by atoms with Crippen LogP contribution >= 0.6 is 0 Å². The molecule has 4 aliphatic heterocycles. The molecule has 54 heavy (non-hydrogen) atoms. The minimum Gasteiger partial charge on any atom is -0.387 e. The highest BCUT2D eigenvalue weighted by Gasteiger charge is 2.53. The Morgan fingerprint density at radius 1 is 0.667 bits per heavy atom. The van der Waals surface area contributed by atoms with Crippen LogP contribution in [0.15, 0.2) is 30.3 Å². The quantitative estimate of drug-likeness (QED) is 0.149. The molecule has 0 saturated carbocycles. The average molecular weight is 769 g/mol. The molecule has 0 radical (unpaired) electrons. The number of fused-ring (bicyclic) bond motifs is 1. The number of unbranched alkanes of at least 4 members (excludes halogenated alkanes) is 4. The Morgan fingerprint density at radius 2 is 1.31 bits per heavy atom. The van der Waals surface area contributed by atoms with Crippen LogP contribution in [0.25, 0.3) is 0 Å². The van der Waals surface area contributed by atoms with E-state index >= 15 is 0 Å². The first kappa shape index (κ1) is 43.8. The van der Waals surface area contributed by atoms with E-state index in [1.807, 2.05) is 37.3 Å². The van der Waals surface area contributed by atoms with E-state index in [1.54, 1.807) is 0 Å². The first-order chi connectivity index (χ1) is 26.4. The number of rotatable bonds is 22. The van der Waals surface area contributed by atoms with Gasteiger partial charge in [0.1, 0.15) is 54.9 Å². The van der Waals surface area contributed by atoms with Gasteiger partial charge in [-0.15, -0.1) is 0 Å². The summed E-state index contributed by atoms with van der Waals surface area (Å²) in [4.78, 5) is 0. The van der Waals surface area contributed by atoms with Crippen molar-refractivity contribution >= 4 is 0 Å². The zero-order chi connectivity index (χ0) is 38.3. The van der Waals surface area contributed by atoms with Crippen LogP contribution in [0.3, 0.4) is 0 Å². The van der Waals surface area contributed by atoms with Crippen molar-refractivity contribution in [2.45, 2.75) is 178 Å². The highest BCUT2D eigenvalue weighted by atomic mass is 16.8. The van der Waals surface area contributed by atoms with Crippen LogP contribution in [0.4, 0.5) is 0 Å². The van der Waals surface area contributed by atoms with Crippen LogP contribution in [0.5, 0.6) is 0 Å². The smallest absolute Gasteiger partial charge is 0.187 e. The van der Waals surface area contributed by atoms with Crippen molar-refractivity contribution in [3.05, 3.63) is 35.9 Å². The summed E-state index contributed by atoms with van der Waals surface area (Å²) in [5.74, 6) is 0. The third kappa shape index (κ3) is 11.9. The van der Waals surface area contributed by atoms with E-state index in [-0.39, 0.29) is 25.4 Å². The number of hydrogen-bond acceptors (Lipinski definition) is 13. The summed E-state index contributed by atoms with van der Waals surface area (Å²) in [6.45, 7) is 13.6. The van der Waals surface area contributed by atoms with Gasteiger partial charge in [-0.25, -0.2) is 0 Å². The highest BCUT2D eigenvalue weighted by molar-refractivity contribution is 5.16. The summed E-state index contributed by atoms with van der Waals surface area (Å²) in [5, 5.41) is 22.7. The zero-order valence-electron chi connectivity index (χ0n) is 33.2. The van der Waals surface area contributed by atoms with Crippen LogP contribution in [-0.4, -0.2) is 136 Å². The predicted octanol–water partition coefficient (Wildman–Crippen LogP) is 5.22. The maximum atomic E-state index is 11.4. The van der Waals surface area contributed by atoms with Crippen LogP contribution < -0.4 is 0 Å². The first-order valence-electron chi connectivity index (χ1n) is 20.7. The lowest BCUT2D eigenvalue weighted by molar-refractivity contribution is -0.381. The molecule has 14 atom stereocenters. The molecular weight excluding hydrogens is 700 g/mol. The van der Waals surface area contributed by atoms with Gasteiger partial charge >= 0.3 is 0 Å². The van der Waals surface area contributed by atoms with Gasteiger partial charge < -0.3 is 62.3 Å². The summed E-state index contributed by atoms with van der Waals surface area (Å²) in [6, 6.07) is 9.49. The molecule has 1 aromatic carbocycles. The number of hydrogen-bond donors (Lipinski definition) is 2. The van der Waals surface area contributed by atoms with E-state index in [2.05, 4.69) is 27.7 Å². The maximum Gasteiger partial charge on any atom is 0.187 e. The normalized spacial score (nSPS) is 37.2. The van der Waals surface area contributed by atoms with Crippen molar-refractivity contribution in [3.63, 3.8) is 0 Å². The summed E-state index contributed by atoms with van der Waals surface area (Å²) >= 11 is 0. The summed E-state index contributed by atoms with van der Waals surface area (Å²) < 4.78 is 70.5. The summed E-state index contributed by atoms with van der Waals surface area (Å²) in [5.41, 5.74) is 0.818. The van der Waals surface area contributed by atoms with Crippen molar-refractivity contribution in [1.29, 1.82) is 0 Å². The molecule has 0 bridgehead atoms. The van der Waals surface area contributed by atoms with Crippen molar-refractivity contribution in [1.82, 2.24) is 0 Å². The van der Waals surface area contributed by atoms with E-state index < -0.39 is 73.8 Å². The van der Waals surface area contributed by atoms with Gasteiger partial charge in [0.05, 0.1) is 25.4 Å². The van der Waals surface area contributed by atoms with Crippen molar-refractivity contribution in [2.75, 3.05) is 46.2 Å². The third-order valence-electron chi connectivity index (χ3n) is 10.5. The van der Waals surface area contributed by atoms with Crippen LogP contribution in [0, 0.1) is 0 Å². The summed E-state index contributed by atoms with van der Waals surface area (Å²) in [6.07, 6.45) is -2.32. The molecule has 2 N–H and O–H groups in total. The molecule has 310 valence electrons. The maximum absolute atomic E-state index is 11.4. The molecule has 1 aromatic rings. The molecule has 13 nitrogen and oxygen atoms in total. The molecule has 0 spiro atoms.